The monoisotopic (exact) mass is 256 g/mol. The molecule has 0 radical (unpaired) electrons. The van der Waals surface area contributed by atoms with Gasteiger partial charge < -0.3 is 10.1 Å². The Kier molecular flexibility index (Phi) is 4.27. The summed E-state index contributed by atoms with van der Waals surface area (Å²) in [6.45, 7) is 6.08. The van der Waals surface area contributed by atoms with Crippen molar-refractivity contribution >= 4 is 5.91 Å². The third kappa shape index (κ3) is 3.27. The number of amides is 1. The highest BCUT2D eigenvalue weighted by Crippen LogP contribution is 2.02. The summed E-state index contributed by atoms with van der Waals surface area (Å²) in [5, 5.41) is 6.20. The van der Waals surface area contributed by atoms with Crippen LogP contribution in [-0.2, 0) is 4.74 Å². The van der Waals surface area contributed by atoms with E-state index in [0.29, 0.717) is 12.2 Å². The number of nitrogens with one attached hydrogen (secondary N) is 1. The Morgan fingerprint density at radius 2 is 2.28 bits per heavy atom. The molecule has 1 saturated heterocycles. The first-order valence-corrected chi connectivity index (χ1v) is 5.98. The summed E-state index contributed by atoms with van der Waals surface area (Å²) in [6, 6.07) is 1.42. The molecule has 7 heteroatoms. The minimum absolute atomic E-state index is 0.108. The van der Waals surface area contributed by atoms with E-state index in [4.69, 9.17) is 4.74 Å². The average molecular weight is 256 g/mol. The van der Waals surface area contributed by atoms with Crippen molar-refractivity contribution in [3.63, 3.8) is 0 Å². The molecule has 1 aromatic heterocycles. The number of carbonyl (C=O) groups is 1. The predicted molar refractivity (Wildman–Crippen MR) is 63.1 cm³/mol. The highest BCUT2D eigenvalue weighted by atomic mass is 19.2. The largest absolute Gasteiger partial charge is 0.379 e. The molecule has 1 N–H and O–H groups in total. The first-order chi connectivity index (χ1) is 8.66. The van der Waals surface area contributed by atoms with Crippen LogP contribution in [0.25, 0.3) is 0 Å². The normalized spacial score (nSPS) is 16.8. The van der Waals surface area contributed by atoms with E-state index in [9.17, 15) is 9.28 Å². The predicted octanol–water partition coefficient (Wildman–Crippen LogP) is -0.0139. The summed E-state index contributed by atoms with van der Waals surface area (Å²) in [5.74, 6) is -0.345. The van der Waals surface area contributed by atoms with Gasteiger partial charge in [0.1, 0.15) is 0 Å². The summed E-state index contributed by atoms with van der Waals surface area (Å²) in [4.78, 5) is 14.1. The van der Waals surface area contributed by atoms with Crippen LogP contribution < -0.4 is 5.32 Å². The Balaban J connectivity index is 1.74. The fourth-order valence-electron chi connectivity index (χ4n) is 1.81. The standard InChI is InChI=1S/C11H17FN4O2/c1-9-8-10(14-16(9)12)11(17)13-2-3-15-4-6-18-7-5-15/h8H,2-7H2,1H3,(H,13,17). The molecule has 1 aliphatic heterocycles. The molecule has 0 unspecified atom stereocenters. The highest BCUT2D eigenvalue weighted by Gasteiger charge is 2.13. The van der Waals surface area contributed by atoms with Gasteiger partial charge in [0.2, 0.25) is 0 Å². The van der Waals surface area contributed by atoms with E-state index in [-0.39, 0.29) is 16.5 Å². The van der Waals surface area contributed by atoms with E-state index >= 15 is 0 Å². The van der Waals surface area contributed by atoms with Crippen LogP contribution in [0.4, 0.5) is 4.48 Å². The Morgan fingerprint density at radius 3 is 2.89 bits per heavy atom. The van der Waals surface area contributed by atoms with E-state index in [1.165, 1.54) is 6.07 Å². The quantitative estimate of drug-likeness (QED) is 0.823. The van der Waals surface area contributed by atoms with Gasteiger partial charge in [-0.05, 0) is 13.0 Å². The van der Waals surface area contributed by atoms with E-state index in [1.54, 1.807) is 6.92 Å². The number of hydrogen-bond acceptors (Lipinski definition) is 4. The van der Waals surface area contributed by atoms with E-state index < -0.39 is 0 Å². The van der Waals surface area contributed by atoms with Crippen LogP contribution in [-0.4, -0.2) is 60.2 Å². The lowest BCUT2D eigenvalue weighted by molar-refractivity contribution is 0.0383. The number of halogens is 1. The van der Waals surface area contributed by atoms with Gasteiger partial charge in [0.05, 0.1) is 18.9 Å². The number of nitrogens with zero attached hydrogens (tertiary/aromatic N) is 3. The SMILES string of the molecule is Cc1cc(C(=O)NCCN2CCOCC2)nn1F. The molecule has 0 bridgehead atoms. The summed E-state index contributed by atoms with van der Waals surface area (Å²) in [5.41, 5.74) is 0.422. The van der Waals surface area contributed by atoms with E-state index in [2.05, 4.69) is 15.3 Å². The Morgan fingerprint density at radius 1 is 1.56 bits per heavy atom. The zero-order valence-electron chi connectivity index (χ0n) is 10.4. The van der Waals surface area contributed by atoms with Gasteiger partial charge in [-0.25, -0.2) is 0 Å². The number of ether oxygens (including phenoxy) is 1. The average Bonchev–Trinajstić information content (AvgIpc) is 2.71. The zero-order valence-corrected chi connectivity index (χ0v) is 10.4. The van der Waals surface area contributed by atoms with Crippen LogP contribution in [0.1, 0.15) is 16.2 Å². The Bertz CT molecular complexity index is 396. The second-order valence-corrected chi connectivity index (χ2v) is 4.24. The maximum absolute atomic E-state index is 12.9. The lowest BCUT2D eigenvalue weighted by Gasteiger charge is -2.26. The molecule has 0 spiro atoms. The van der Waals surface area contributed by atoms with Crippen LogP contribution in [0, 0.1) is 6.92 Å². The first kappa shape index (κ1) is 13.0. The van der Waals surface area contributed by atoms with Crippen molar-refractivity contribution in [2.24, 2.45) is 0 Å². The van der Waals surface area contributed by atoms with Crippen molar-refractivity contribution < 1.29 is 14.0 Å². The minimum atomic E-state index is -0.345. The molecule has 0 aromatic carbocycles. The molecule has 0 saturated carbocycles. The Hall–Kier alpha value is -1.47. The number of aromatic nitrogens is 2. The fourth-order valence-corrected chi connectivity index (χ4v) is 1.81. The van der Waals surface area contributed by atoms with Crippen LogP contribution in [0.15, 0.2) is 6.07 Å². The highest BCUT2D eigenvalue weighted by molar-refractivity contribution is 5.92. The second kappa shape index (κ2) is 5.92. The number of aryl methyl sites for hydroxylation is 1. The fraction of sp³-hybridized carbons (Fsp3) is 0.636. The van der Waals surface area contributed by atoms with Crippen LogP contribution in [0.5, 0.6) is 0 Å². The van der Waals surface area contributed by atoms with Gasteiger partial charge in [0.15, 0.2) is 5.69 Å². The van der Waals surface area contributed by atoms with Crippen LogP contribution >= 0.6 is 0 Å². The van der Waals surface area contributed by atoms with Gasteiger partial charge in [0.25, 0.3) is 5.91 Å². The smallest absolute Gasteiger partial charge is 0.271 e. The zero-order chi connectivity index (χ0) is 13.0. The summed E-state index contributed by atoms with van der Waals surface area (Å²) in [6.07, 6.45) is 0. The molecule has 1 amide bonds. The van der Waals surface area contributed by atoms with Crippen molar-refractivity contribution in [3.05, 3.63) is 17.5 Å². The van der Waals surface area contributed by atoms with Crippen molar-refractivity contribution in [3.8, 4) is 0 Å². The summed E-state index contributed by atoms with van der Waals surface area (Å²) >= 11 is 0. The van der Waals surface area contributed by atoms with Crippen molar-refractivity contribution in [1.29, 1.82) is 0 Å². The molecule has 2 rings (SSSR count). The second-order valence-electron chi connectivity index (χ2n) is 4.24. The first-order valence-electron chi connectivity index (χ1n) is 5.98. The molecule has 0 aliphatic carbocycles. The maximum Gasteiger partial charge on any atom is 0.271 e. The van der Waals surface area contributed by atoms with Crippen molar-refractivity contribution in [2.45, 2.75) is 6.92 Å². The minimum Gasteiger partial charge on any atom is -0.379 e. The third-order valence-corrected chi connectivity index (χ3v) is 2.88. The van der Waals surface area contributed by atoms with Gasteiger partial charge >= 0.3 is 0 Å². The lowest BCUT2D eigenvalue weighted by Crippen LogP contribution is -2.41. The Labute approximate surface area is 105 Å². The van der Waals surface area contributed by atoms with Crippen LogP contribution in [0.2, 0.25) is 0 Å². The van der Waals surface area contributed by atoms with Crippen molar-refractivity contribution in [1.82, 2.24) is 20.2 Å². The van der Waals surface area contributed by atoms with E-state index in [0.717, 1.165) is 32.8 Å². The molecule has 1 fully saturated rings. The summed E-state index contributed by atoms with van der Waals surface area (Å²) in [7, 11) is 0. The molecule has 100 valence electrons. The summed E-state index contributed by atoms with van der Waals surface area (Å²) < 4.78 is 18.1. The molecule has 0 atom stereocenters. The van der Waals surface area contributed by atoms with E-state index in [1.807, 2.05) is 0 Å². The molecular formula is C11H17FN4O2. The number of rotatable bonds is 4. The molecular weight excluding hydrogens is 239 g/mol. The number of hydrogen-bond donors (Lipinski definition) is 1. The molecule has 6 nitrogen and oxygen atoms in total. The molecule has 1 aromatic rings. The molecule has 18 heavy (non-hydrogen) atoms. The maximum atomic E-state index is 12.9. The van der Waals surface area contributed by atoms with Gasteiger partial charge in [-0.15, -0.1) is 5.10 Å². The number of morpholine rings is 1. The third-order valence-electron chi connectivity index (χ3n) is 2.88. The van der Waals surface area contributed by atoms with Gasteiger partial charge in [-0.1, -0.05) is 9.39 Å². The lowest BCUT2D eigenvalue weighted by atomic mass is 10.3. The van der Waals surface area contributed by atoms with Crippen molar-refractivity contribution in [2.75, 3.05) is 39.4 Å². The van der Waals surface area contributed by atoms with Crippen LogP contribution in [0.3, 0.4) is 0 Å². The molecule has 1 aliphatic rings. The van der Waals surface area contributed by atoms with Gasteiger partial charge in [-0.2, -0.15) is 0 Å². The topological polar surface area (TPSA) is 59.4 Å². The molecule has 2 heterocycles. The van der Waals surface area contributed by atoms with Gasteiger partial charge in [0, 0.05) is 26.2 Å². The number of carbonyl (C=O) groups excluding carboxylic acids is 1. The van der Waals surface area contributed by atoms with Gasteiger partial charge in [-0.3, -0.25) is 9.69 Å².